The number of aryl methyl sites for hydroxylation is 1. The highest BCUT2D eigenvalue weighted by molar-refractivity contribution is 7.90. The van der Waals surface area contributed by atoms with Crippen LogP contribution < -0.4 is 10.1 Å². The summed E-state index contributed by atoms with van der Waals surface area (Å²) in [5.41, 5.74) is 3.59. The standard InChI is InChI=1S/C24H22F3N3O3S.ClH/c1-16-10-20(33-24(25,26)27)7-6-18(16)11-17-5-8-22-19(13-28-2)15-30(23(22)12-17)34(31,32)21-4-3-9-29-14-21;/h3-10,12,14-15,28H,11,13H2,1-2H3;1H. The Morgan fingerprint density at radius 1 is 1.09 bits per heavy atom. The average molecular weight is 526 g/mol. The SMILES string of the molecule is CNCc1cn(S(=O)(=O)c2cccnc2)c2cc(Cc3ccc(OC(F)(F)F)cc3C)ccc12.Cl. The van der Waals surface area contributed by atoms with E-state index < -0.39 is 16.4 Å². The van der Waals surface area contributed by atoms with E-state index in [1.165, 1.54) is 34.6 Å². The highest BCUT2D eigenvalue weighted by Gasteiger charge is 2.31. The molecule has 0 saturated carbocycles. The highest BCUT2D eigenvalue weighted by atomic mass is 35.5. The minimum atomic E-state index is -4.75. The van der Waals surface area contributed by atoms with Crippen molar-refractivity contribution in [3.8, 4) is 5.75 Å². The Bertz CT molecular complexity index is 1440. The van der Waals surface area contributed by atoms with Crippen LogP contribution in [0.25, 0.3) is 10.9 Å². The molecule has 0 saturated heterocycles. The second kappa shape index (κ2) is 10.3. The predicted molar refractivity (Wildman–Crippen MR) is 129 cm³/mol. The summed E-state index contributed by atoms with van der Waals surface area (Å²) in [5.74, 6) is -0.280. The Labute approximate surface area is 207 Å². The molecule has 4 rings (SSSR count). The smallest absolute Gasteiger partial charge is 0.406 e. The van der Waals surface area contributed by atoms with Crippen molar-refractivity contribution in [3.63, 3.8) is 0 Å². The topological polar surface area (TPSA) is 73.2 Å². The van der Waals surface area contributed by atoms with E-state index in [1.54, 1.807) is 38.4 Å². The molecule has 2 aromatic heterocycles. The predicted octanol–water partition coefficient (Wildman–Crippen LogP) is 5.21. The van der Waals surface area contributed by atoms with Crippen LogP contribution in [0.15, 0.2) is 72.0 Å². The molecule has 0 spiro atoms. The van der Waals surface area contributed by atoms with Crippen molar-refractivity contribution >= 4 is 33.3 Å². The molecule has 1 N–H and O–H groups in total. The van der Waals surface area contributed by atoms with Gasteiger partial charge in [-0.05, 0) is 73.0 Å². The zero-order chi connectivity index (χ0) is 24.5. The van der Waals surface area contributed by atoms with Gasteiger partial charge in [0.05, 0.1) is 5.52 Å². The Morgan fingerprint density at radius 2 is 1.86 bits per heavy atom. The van der Waals surface area contributed by atoms with Crippen LogP contribution in [-0.2, 0) is 23.0 Å². The van der Waals surface area contributed by atoms with Gasteiger partial charge in [0, 0.05) is 30.5 Å². The molecule has 2 aromatic carbocycles. The molecule has 0 atom stereocenters. The molecule has 11 heteroatoms. The molecule has 0 aliphatic rings. The number of rotatable bonds is 7. The molecule has 0 aliphatic carbocycles. The minimum absolute atomic E-state index is 0. The monoisotopic (exact) mass is 525 g/mol. The fourth-order valence-corrected chi connectivity index (χ4v) is 5.20. The number of ether oxygens (including phenoxy) is 1. The molecule has 0 aliphatic heterocycles. The van der Waals surface area contributed by atoms with Crippen LogP contribution in [0.4, 0.5) is 13.2 Å². The van der Waals surface area contributed by atoms with E-state index in [2.05, 4.69) is 15.0 Å². The van der Waals surface area contributed by atoms with E-state index in [9.17, 15) is 21.6 Å². The summed E-state index contributed by atoms with van der Waals surface area (Å²) in [4.78, 5) is 4.00. The molecule has 2 heterocycles. The molecule has 35 heavy (non-hydrogen) atoms. The van der Waals surface area contributed by atoms with Gasteiger partial charge in [-0.15, -0.1) is 25.6 Å². The van der Waals surface area contributed by atoms with Gasteiger partial charge in [-0.25, -0.2) is 12.4 Å². The maximum absolute atomic E-state index is 13.3. The molecule has 0 bridgehead atoms. The number of pyridine rings is 1. The third-order valence-corrected chi connectivity index (χ3v) is 7.08. The third-order valence-electron chi connectivity index (χ3n) is 5.42. The van der Waals surface area contributed by atoms with Crippen LogP contribution in [0.5, 0.6) is 5.75 Å². The van der Waals surface area contributed by atoms with Crippen molar-refractivity contribution in [2.75, 3.05) is 7.05 Å². The third kappa shape index (κ3) is 5.77. The van der Waals surface area contributed by atoms with Gasteiger partial charge in [0.25, 0.3) is 10.0 Å². The van der Waals surface area contributed by atoms with Gasteiger partial charge in [-0.3, -0.25) is 4.98 Å². The minimum Gasteiger partial charge on any atom is -0.406 e. The number of hydrogen-bond acceptors (Lipinski definition) is 5. The number of fused-ring (bicyclic) bond motifs is 1. The van der Waals surface area contributed by atoms with E-state index in [0.29, 0.717) is 24.0 Å². The van der Waals surface area contributed by atoms with Crippen molar-refractivity contribution in [1.82, 2.24) is 14.3 Å². The second-order valence-electron chi connectivity index (χ2n) is 7.84. The van der Waals surface area contributed by atoms with Gasteiger partial charge < -0.3 is 10.1 Å². The van der Waals surface area contributed by atoms with Crippen LogP contribution in [0.1, 0.15) is 22.3 Å². The lowest BCUT2D eigenvalue weighted by Gasteiger charge is -2.12. The molecule has 0 radical (unpaired) electrons. The van der Waals surface area contributed by atoms with E-state index in [0.717, 1.165) is 22.1 Å². The molecule has 0 amide bonds. The molecule has 0 fully saturated rings. The number of nitrogens with zero attached hydrogens (tertiary/aromatic N) is 2. The number of benzene rings is 2. The Morgan fingerprint density at radius 3 is 2.49 bits per heavy atom. The van der Waals surface area contributed by atoms with Crippen molar-refractivity contribution in [2.45, 2.75) is 31.1 Å². The van der Waals surface area contributed by atoms with Crippen molar-refractivity contribution in [3.05, 3.63) is 89.4 Å². The fourth-order valence-electron chi connectivity index (χ4n) is 3.85. The molecule has 186 valence electrons. The summed E-state index contributed by atoms with van der Waals surface area (Å²) in [6.07, 6.45) is 0.0615. The first-order chi connectivity index (χ1) is 16.1. The Kier molecular flexibility index (Phi) is 7.78. The average Bonchev–Trinajstić information content (AvgIpc) is 3.14. The number of nitrogens with one attached hydrogen (secondary N) is 1. The van der Waals surface area contributed by atoms with Crippen LogP contribution >= 0.6 is 12.4 Å². The fraction of sp³-hybridized carbons (Fsp3) is 0.208. The molecule has 4 aromatic rings. The molecule has 6 nitrogen and oxygen atoms in total. The number of hydrogen-bond donors (Lipinski definition) is 1. The van der Waals surface area contributed by atoms with Crippen molar-refractivity contribution in [1.29, 1.82) is 0 Å². The zero-order valence-electron chi connectivity index (χ0n) is 18.8. The van der Waals surface area contributed by atoms with E-state index in [4.69, 9.17) is 0 Å². The van der Waals surface area contributed by atoms with Gasteiger partial charge >= 0.3 is 6.36 Å². The van der Waals surface area contributed by atoms with E-state index in [-0.39, 0.29) is 23.1 Å². The Hall–Kier alpha value is -3.08. The first-order valence-corrected chi connectivity index (χ1v) is 11.8. The van der Waals surface area contributed by atoms with Crippen LogP contribution in [0.3, 0.4) is 0 Å². The maximum atomic E-state index is 13.3. The normalized spacial score (nSPS) is 11.9. The summed E-state index contributed by atoms with van der Waals surface area (Å²) in [6, 6.07) is 12.8. The van der Waals surface area contributed by atoms with Gasteiger partial charge in [-0.2, -0.15) is 0 Å². The van der Waals surface area contributed by atoms with Gasteiger partial charge in [0.15, 0.2) is 0 Å². The molecule has 0 unspecified atom stereocenters. The molecular formula is C24H23ClF3N3O3S. The first kappa shape index (κ1) is 26.5. The maximum Gasteiger partial charge on any atom is 0.573 e. The highest BCUT2D eigenvalue weighted by Crippen LogP contribution is 2.29. The largest absolute Gasteiger partial charge is 0.573 e. The second-order valence-corrected chi connectivity index (χ2v) is 9.65. The lowest BCUT2D eigenvalue weighted by atomic mass is 9.99. The number of aromatic nitrogens is 2. The van der Waals surface area contributed by atoms with Crippen LogP contribution in [0, 0.1) is 6.92 Å². The van der Waals surface area contributed by atoms with Gasteiger partial charge in [-0.1, -0.05) is 18.2 Å². The van der Waals surface area contributed by atoms with E-state index in [1.807, 2.05) is 12.1 Å². The molecular weight excluding hydrogens is 503 g/mol. The van der Waals surface area contributed by atoms with Crippen LogP contribution in [0.2, 0.25) is 0 Å². The number of halogens is 4. The summed E-state index contributed by atoms with van der Waals surface area (Å²) in [6.45, 7) is 2.18. The van der Waals surface area contributed by atoms with Gasteiger partial charge in [0.1, 0.15) is 10.6 Å². The van der Waals surface area contributed by atoms with Crippen LogP contribution in [-0.4, -0.2) is 30.8 Å². The van der Waals surface area contributed by atoms with Crippen molar-refractivity contribution in [2.24, 2.45) is 0 Å². The van der Waals surface area contributed by atoms with Gasteiger partial charge in [0.2, 0.25) is 0 Å². The van der Waals surface area contributed by atoms with E-state index >= 15 is 0 Å². The summed E-state index contributed by atoms with van der Waals surface area (Å²) in [7, 11) is -2.10. The summed E-state index contributed by atoms with van der Waals surface area (Å²) < 4.78 is 69.4. The quantitative estimate of drug-likeness (QED) is 0.358. The lowest BCUT2D eigenvalue weighted by molar-refractivity contribution is -0.274. The Balaban J connectivity index is 0.00000342. The number of alkyl halides is 3. The summed E-state index contributed by atoms with van der Waals surface area (Å²) >= 11 is 0. The lowest BCUT2D eigenvalue weighted by Crippen LogP contribution is -2.17. The first-order valence-electron chi connectivity index (χ1n) is 10.4. The van der Waals surface area contributed by atoms with Crippen molar-refractivity contribution < 1.29 is 26.3 Å². The zero-order valence-corrected chi connectivity index (χ0v) is 20.5. The summed E-state index contributed by atoms with van der Waals surface area (Å²) in [5, 5.41) is 3.84.